The van der Waals surface area contributed by atoms with Crippen LogP contribution in [0.2, 0.25) is 0 Å². The lowest BCUT2D eigenvalue weighted by atomic mass is 10.2. The first-order valence-corrected chi connectivity index (χ1v) is 9.43. The molecule has 4 aromatic rings. The van der Waals surface area contributed by atoms with Crippen molar-refractivity contribution in [2.75, 3.05) is 12.4 Å². The third kappa shape index (κ3) is 3.80. The van der Waals surface area contributed by atoms with Crippen molar-refractivity contribution in [2.24, 2.45) is 0 Å². The van der Waals surface area contributed by atoms with Crippen molar-refractivity contribution in [3.8, 4) is 17.1 Å². The Morgan fingerprint density at radius 3 is 2.43 bits per heavy atom. The number of aryl methyl sites for hydroxylation is 2. The summed E-state index contributed by atoms with van der Waals surface area (Å²) in [6.45, 7) is 3.75. The summed E-state index contributed by atoms with van der Waals surface area (Å²) in [4.78, 5) is 29.6. The summed E-state index contributed by atoms with van der Waals surface area (Å²) in [6.07, 6.45) is 0. The zero-order valence-electron chi connectivity index (χ0n) is 16.9. The minimum atomic E-state index is -0.301. The van der Waals surface area contributed by atoms with Crippen LogP contribution in [0.4, 0.5) is 5.69 Å². The van der Waals surface area contributed by atoms with E-state index in [0.717, 1.165) is 11.1 Å². The topological polar surface area (TPSA) is 90.5 Å². The van der Waals surface area contributed by atoms with Gasteiger partial charge in [-0.05, 0) is 50.2 Å². The molecule has 0 saturated heterocycles. The molecule has 8 heteroatoms. The molecule has 8 nitrogen and oxygen atoms in total. The molecule has 2 aromatic carbocycles. The van der Waals surface area contributed by atoms with Gasteiger partial charge in [-0.1, -0.05) is 17.7 Å². The number of aromatic nitrogens is 4. The third-order valence-electron chi connectivity index (χ3n) is 4.78. The van der Waals surface area contributed by atoms with Gasteiger partial charge in [0.2, 0.25) is 11.7 Å². The molecular formula is C22H21N5O3. The van der Waals surface area contributed by atoms with E-state index in [0.29, 0.717) is 28.7 Å². The van der Waals surface area contributed by atoms with E-state index in [-0.39, 0.29) is 18.0 Å². The summed E-state index contributed by atoms with van der Waals surface area (Å²) in [5.74, 6) is 1.20. The molecule has 2 aromatic heterocycles. The van der Waals surface area contributed by atoms with E-state index >= 15 is 0 Å². The fourth-order valence-corrected chi connectivity index (χ4v) is 3.14. The molecule has 1 amide bonds. The first kappa shape index (κ1) is 19.4. The molecule has 0 saturated carbocycles. The molecule has 0 aliphatic heterocycles. The number of anilines is 1. The minimum Gasteiger partial charge on any atom is -0.497 e. The van der Waals surface area contributed by atoms with Crippen LogP contribution < -0.4 is 15.6 Å². The van der Waals surface area contributed by atoms with E-state index in [4.69, 9.17) is 4.74 Å². The Kier molecular flexibility index (Phi) is 5.05. The number of nitrogens with zero attached hydrogens (tertiary/aromatic N) is 4. The van der Waals surface area contributed by atoms with Crippen LogP contribution in [0.15, 0.2) is 59.4 Å². The van der Waals surface area contributed by atoms with Crippen LogP contribution >= 0.6 is 0 Å². The number of nitrogens with one attached hydrogen (secondary N) is 1. The van der Waals surface area contributed by atoms with E-state index in [1.807, 2.05) is 43.3 Å². The molecule has 0 bridgehead atoms. The van der Waals surface area contributed by atoms with Crippen molar-refractivity contribution >= 4 is 17.4 Å². The number of amides is 1. The van der Waals surface area contributed by atoms with Crippen molar-refractivity contribution in [1.29, 1.82) is 0 Å². The van der Waals surface area contributed by atoms with E-state index in [9.17, 15) is 9.59 Å². The normalized spacial score (nSPS) is 10.9. The molecule has 0 aliphatic carbocycles. The average Bonchev–Trinajstić information content (AvgIpc) is 3.19. The maximum absolute atomic E-state index is 12.6. The quantitative estimate of drug-likeness (QED) is 0.553. The number of fused-ring (bicyclic) bond motifs is 1. The van der Waals surface area contributed by atoms with Gasteiger partial charge in [-0.25, -0.2) is 0 Å². The highest BCUT2D eigenvalue weighted by Crippen LogP contribution is 2.20. The van der Waals surface area contributed by atoms with Crippen LogP contribution in [0.5, 0.6) is 5.75 Å². The van der Waals surface area contributed by atoms with E-state index in [2.05, 4.69) is 15.4 Å². The van der Waals surface area contributed by atoms with Gasteiger partial charge in [0.05, 0.1) is 7.11 Å². The second kappa shape index (κ2) is 7.82. The van der Waals surface area contributed by atoms with Crippen LogP contribution in [-0.2, 0) is 11.3 Å². The Morgan fingerprint density at radius 2 is 1.77 bits per heavy atom. The molecule has 0 atom stereocenters. The molecule has 152 valence electrons. The highest BCUT2D eigenvalue weighted by Gasteiger charge is 2.16. The number of hydrogen-bond donors (Lipinski definition) is 1. The summed E-state index contributed by atoms with van der Waals surface area (Å²) < 4.78 is 8.06. The summed E-state index contributed by atoms with van der Waals surface area (Å²) in [5.41, 5.74) is 2.89. The second-order valence-corrected chi connectivity index (χ2v) is 7.00. The number of carbonyl (C=O) groups is 1. The highest BCUT2D eigenvalue weighted by atomic mass is 16.5. The van der Waals surface area contributed by atoms with Crippen LogP contribution in [-0.4, -0.2) is 32.2 Å². The first-order valence-electron chi connectivity index (χ1n) is 9.43. The molecular weight excluding hydrogens is 382 g/mol. The zero-order chi connectivity index (χ0) is 21.3. The molecule has 0 fully saturated rings. The lowest BCUT2D eigenvalue weighted by Crippen LogP contribution is -2.25. The monoisotopic (exact) mass is 403 g/mol. The summed E-state index contributed by atoms with van der Waals surface area (Å²) >= 11 is 0. The lowest BCUT2D eigenvalue weighted by molar-refractivity contribution is -0.116. The lowest BCUT2D eigenvalue weighted by Gasteiger charge is -2.11. The molecule has 1 N–H and O–H groups in total. The van der Waals surface area contributed by atoms with E-state index < -0.39 is 0 Å². The Hall–Kier alpha value is -3.94. The summed E-state index contributed by atoms with van der Waals surface area (Å²) in [6, 6.07) is 16.2. The summed E-state index contributed by atoms with van der Waals surface area (Å²) in [7, 11) is 1.59. The second-order valence-electron chi connectivity index (χ2n) is 7.00. The van der Waals surface area contributed by atoms with Crippen LogP contribution in [0, 0.1) is 13.8 Å². The fraction of sp³-hybridized carbons (Fsp3) is 0.182. The van der Waals surface area contributed by atoms with Gasteiger partial charge in [0, 0.05) is 23.0 Å². The Morgan fingerprint density at radius 1 is 1.07 bits per heavy atom. The predicted molar refractivity (Wildman–Crippen MR) is 114 cm³/mol. The molecule has 0 aliphatic rings. The van der Waals surface area contributed by atoms with Crippen LogP contribution in [0.1, 0.15) is 11.3 Å². The Balaban J connectivity index is 1.68. The largest absolute Gasteiger partial charge is 0.497 e. The highest BCUT2D eigenvalue weighted by molar-refractivity contribution is 5.90. The number of carbonyl (C=O) groups excluding carboxylic acids is 1. The molecule has 4 rings (SSSR count). The average molecular weight is 403 g/mol. The number of hydrogen-bond acceptors (Lipinski definition) is 5. The van der Waals surface area contributed by atoms with Gasteiger partial charge in [-0.2, -0.15) is 9.50 Å². The van der Waals surface area contributed by atoms with Crippen LogP contribution in [0.25, 0.3) is 17.2 Å². The number of benzene rings is 2. The van der Waals surface area contributed by atoms with Gasteiger partial charge in [0.25, 0.3) is 5.56 Å². The Labute approximate surface area is 172 Å². The van der Waals surface area contributed by atoms with Gasteiger partial charge < -0.3 is 14.6 Å². The van der Waals surface area contributed by atoms with Crippen molar-refractivity contribution in [1.82, 2.24) is 19.2 Å². The van der Waals surface area contributed by atoms with Gasteiger partial charge in [0.1, 0.15) is 12.3 Å². The maximum Gasteiger partial charge on any atom is 0.275 e. The molecule has 0 spiro atoms. The van der Waals surface area contributed by atoms with E-state index in [1.54, 1.807) is 30.7 Å². The molecule has 0 radical (unpaired) electrons. The van der Waals surface area contributed by atoms with Gasteiger partial charge in [-0.3, -0.25) is 9.59 Å². The van der Waals surface area contributed by atoms with Gasteiger partial charge in [0.15, 0.2) is 5.82 Å². The van der Waals surface area contributed by atoms with Crippen molar-refractivity contribution in [3.05, 3.63) is 76.2 Å². The minimum absolute atomic E-state index is 0.00420. The van der Waals surface area contributed by atoms with Crippen molar-refractivity contribution < 1.29 is 9.53 Å². The molecule has 2 heterocycles. The van der Waals surface area contributed by atoms with Gasteiger partial charge >= 0.3 is 0 Å². The molecule has 30 heavy (non-hydrogen) atoms. The SMILES string of the molecule is COc1ccc(-c2nc3n(CC(=O)Nc4ccc(C)cc4)c(C)cc(=O)n3n2)cc1. The number of methoxy groups -OCH3 is 1. The van der Waals surface area contributed by atoms with Gasteiger partial charge in [-0.15, -0.1) is 5.10 Å². The fourth-order valence-electron chi connectivity index (χ4n) is 3.14. The Bertz CT molecular complexity index is 1270. The van der Waals surface area contributed by atoms with E-state index in [1.165, 1.54) is 10.6 Å². The van der Waals surface area contributed by atoms with Crippen molar-refractivity contribution in [2.45, 2.75) is 20.4 Å². The third-order valence-corrected chi connectivity index (χ3v) is 4.78. The smallest absolute Gasteiger partial charge is 0.275 e. The standard InChI is InChI=1S/C22H21N5O3/c1-14-4-8-17(9-5-14)23-19(28)13-26-15(2)12-20(29)27-22(26)24-21(25-27)16-6-10-18(30-3)11-7-16/h4-12H,13H2,1-3H3,(H,23,28). The number of rotatable bonds is 5. The van der Waals surface area contributed by atoms with Crippen molar-refractivity contribution in [3.63, 3.8) is 0 Å². The molecule has 0 unspecified atom stereocenters. The first-order chi connectivity index (χ1) is 14.4. The summed E-state index contributed by atoms with van der Waals surface area (Å²) in [5, 5.41) is 7.21. The zero-order valence-corrected chi connectivity index (χ0v) is 16.9. The maximum atomic E-state index is 12.6. The number of ether oxygens (including phenoxy) is 1. The predicted octanol–water partition coefficient (Wildman–Crippen LogP) is 2.82. The van der Waals surface area contributed by atoms with Crippen LogP contribution in [0.3, 0.4) is 0 Å².